The fraction of sp³-hybridized carbons (Fsp3) is 0.143. The summed E-state index contributed by atoms with van der Waals surface area (Å²) in [4.78, 5) is 0. The molecule has 2 aromatic rings. The van der Waals surface area contributed by atoms with E-state index >= 15 is 0 Å². The van der Waals surface area contributed by atoms with Crippen LogP contribution in [0.25, 0.3) is 0 Å². The molecule has 19 heavy (non-hydrogen) atoms. The van der Waals surface area contributed by atoms with E-state index in [1.807, 2.05) is 12.1 Å². The van der Waals surface area contributed by atoms with Gasteiger partial charge in [0.25, 0.3) is 0 Å². The molecular weight excluding hydrogens is 331 g/mol. The van der Waals surface area contributed by atoms with Crippen LogP contribution >= 0.6 is 27.5 Å². The van der Waals surface area contributed by atoms with E-state index in [1.165, 1.54) is 6.07 Å². The highest BCUT2D eigenvalue weighted by Crippen LogP contribution is 2.24. The normalized spacial score (nSPS) is 12.2. The highest BCUT2D eigenvalue weighted by atomic mass is 79.9. The van der Waals surface area contributed by atoms with Gasteiger partial charge in [-0.2, -0.15) is 0 Å². The Hall–Kier alpha value is -1.10. The van der Waals surface area contributed by atoms with Gasteiger partial charge >= 0.3 is 0 Å². The van der Waals surface area contributed by atoms with Crippen molar-refractivity contribution in [2.45, 2.75) is 6.04 Å². The van der Waals surface area contributed by atoms with Crippen LogP contribution in [0.3, 0.4) is 0 Å². The minimum Gasteiger partial charge on any atom is -0.377 e. The van der Waals surface area contributed by atoms with Gasteiger partial charge in [0.15, 0.2) is 0 Å². The molecule has 2 nitrogen and oxygen atoms in total. The van der Waals surface area contributed by atoms with Gasteiger partial charge in [-0.15, -0.1) is 0 Å². The third-order valence-corrected chi connectivity index (χ3v) is 3.63. The second-order valence-electron chi connectivity index (χ2n) is 4.11. The second kappa shape index (κ2) is 6.37. The highest BCUT2D eigenvalue weighted by Gasteiger charge is 2.11. The van der Waals surface area contributed by atoms with E-state index in [1.54, 1.807) is 24.3 Å². The summed E-state index contributed by atoms with van der Waals surface area (Å²) in [7, 11) is 0. The first-order valence-corrected chi connectivity index (χ1v) is 6.94. The maximum Gasteiger partial charge on any atom is 0.137 e. The average Bonchev–Trinajstić information content (AvgIpc) is 2.41. The molecule has 0 aliphatic rings. The van der Waals surface area contributed by atoms with Gasteiger partial charge in [-0.25, -0.2) is 4.39 Å². The lowest BCUT2D eigenvalue weighted by molar-refractivity contribution is 0.619. The van der Waals surface area contributed by atoms with E-state index in [0.29, 0.717) is 16.0 Å². The van der Waals surface area contributed by atoms with Crippen LogP contribution in [-0.4, -0.2) is 6.54 Å². The van der Waals surface area contributed by atoms with E-state index in [2.05, 4.69) is 21.2 Å². The molecule has 3 N–H and O–H groups in total. The molecule has 0 amide bonds. The number of anilines is 1. The van der Waals surface area contributed by atoms with Crippen molar-refractivity contribution in [3.63, 3.8) is 0 Å². The van der Waals surface area contributed by atoms with Crippen molar-refractivity contribution in [2.24, 2.45) is 5.73 Å². The summed E-state index contributed by atoms with van der Waals surface area (Å²) in [6.07, 6.45) is 0. The van der Waals surface area contributed by atoms with E-state index in [-0.39, 0.29) is 11.9 Å². The Bertz CT molecular complexity index is 560. The van der Waals surface area contributed by atoms with Crippen molar-refractivity contribution < 1.29 is 4.39 Å². The van der Waals surface area contributed by atoms with Crippen LogP contribution in [0.5, 0.6) is 0 Å². The maximum atomic E-state index is 13.2. The standard InChI is InChI=1S/C14H13BrClFN2/c15-12-7-9(1-6-13(12)17)14(8-18)19-11-4-2-10(16)3-5-11/h1-7,14,19H,8,18H2. The lowest BCUT2D eigenvalue weighted by Gasteiger charge is -2.19. The molecule has 0 aromatic heterocycles. The Kier molecular flexibility index (Phi) is 4.80. The summed E-state index contributed by atoms with van der Waals surface area (Å²) in [6.45, 7) is 0.403. The molecule has 0 aliphatic heterocycles. The van der Waals surface area contributed by atoms with Gasteiger partial charge < -0.3 is 11.1 Å². The van der Waals surface area contributed by atoms with Gasteiger partial charge in [0.1, 0.15) is 5.82 Å². The lowest BCUT2D eigenvalue weighted by Crippen LogP contribution is -2.20. The molecule has 0 saturated carbocycles. The molecule has 0 fully saturated rings. The number of rotatable bonds is 4. The summed E-state index contributed by atoms with van der Waals surface area (Å²) in [5.74, 6) is -0.286. The summed E-state index contributed by atoms with van der Waals surface area (Å²) in [5, 5.41) is 3.97. The van der Waals surface area contributed by atoms with Gasteiger partial charge in [-0.1, -0.05) is 17.7 Å². The molecule has 0 saturated heterocycles. The number of nitrogens with two attached hydrogens (primary N) is 1. The monoisotopic (exact) mass is 342 g/mol. The third kappa shape index (κ3) is 3.69. The van der Waals surface area contributed by atoms with Crippen molar-refractivity contribution in [3.05, 3.63) is 63.3 Å². The molecular formula is C14H13BrClFN2. The number of benzene rings is 2. The minimum atomic E-state index is -0.286. The molecule has 2 aromatic carbocycles. The number of nitrogens with one attached hydrogen (secondary N) is 1. The van der Waals surface area contributed by atoms with Crippen LogP contribution in [0.1, 0.15) is 11.6 Å². The molecule has 0 radical (unpaired) electrons. The fourth-order valence-corrected chi connectivity index (χ4v) is 2.28. The van der Waals surface area contributed by atoms with E-state index in [4.69, 9.17) is 17.3 Å². The predicted molar refractivity (Wildman–Crippen MR) is 81.0 cm³/mol. The molecule has 2 rings (SSSR count). The summed E-state index contributed by atoms with van der Waals surface area (Å²) < 4.78 is 13.7. The van der Waals surface area contributed by atoms with Crippen LogP contribution in [0.15, 0.2) is 46.9 Å². The number of hydrogen-bond acceptors (Lipinski definition) is 2. The topological polar surface area (TPSA) is 38.0 Å². The fourth-order valence-electron chi connectivity index (χ4n) is 1.75. The van der Waals surface area contributed by atoms with Crippen LogP contribution in [-0.2, 0) is 0 Å². The Labute approximate surface area is 124 Å². The molecule has 0 bridgehead atoms. The zero-order chi connectivity index (χ0) is 13.8. The maximum absolute atomic E-state index is 13.2. The Morgan fingerprint density at radius 3 is 2.47 bits per heavy atom. The van der Waals surface area contributed by atoms with Crippen molar-refractivity contribution in [2.75, 3.05) is 11.9 Å². The molecule has 0 heterocycles. The van der Waals surface area contributed by atoms with Gasteiger partial charge in [-0.3, -0.25) is 0 Å². The molecule has 100 valence electrons. The number of halogens is 3. The lowest BCUT2D eigenvalue weighted by atomic mass is 10.1. The van der Waals surface area contributed by atoms with E-state index in [9.17, 15) is 4.39 Å². The molecule has 0 aliphatic carbocycles. The SMILES string of the molecule is NCC(Nc1ccc(Cl)cc1)c1ccc(F)c(Br)c1. The Morgan fingerprint density at radius 1 is 1.21 bits per heavy atom. The van der Waals surface area contributed by atoms with Crippen LogP contribution in [0, 0.1) is 5.82 Å². The minimum absolute atomic E-state index is 0.0851. The quantitative estimate of drug-likeness (QED) is 0.866. The molecule has 1 atom stereocenters. The van der Waals surface area contributed by atoms with E-state index < -0.39 is 0 Å². The summed E-state index contributed by atoms with van der Waals surface area (Å²) in [5.41, 5.74) is 7.61. The van der Waals surface area contributed by atoms with Crippen LogP contribution in [0.2, 0.25) is 5.02 Å². The van der Waals surface area contributed by atoms with E-state index in [0.717, 1.165) is 11.3 Å². The van der Waals surface area contributed by atoms with Gasteiger partial charge in [0.2, 0.25) is 0 Å². The largest absolute Gasteiger partial charge is 0.377 e. The first-order valence-electron chi connectivity index (χ1n) is 5.77. The first-order chi connectivity index (χ1) is 9.10. The summed E-state index contributed by atoms with van der Waals surface area (Å²) >= 11 is 9.01. The van der Waals surface area contributed by atoms with Gasteiger partial charge in [0.05, 0.1) is 10.5 Å². The van der Waals surface area contributed by atoms with Crippen molar-refractivity contribution in [3.8, 4) is 0 Å². The Morgan fingerprint density at radius 2 is 1.89 bits per heavy atom. The number of hydrogen-bond donors (Lipinski definition) is 2. The third-order valence-electron chi connectivity index (χ3n) is 2.77. The molecule has 1 unspecified atom stereocenters. The van der Waals surface area contributed by atoms with Crippen molar-refractivity contribution in [1.29, 1.82) is 0 Å². The van der Waals surface area contributed by atoms with Crippen molar-refractivity contribution in [1.82, 2.24) is 0 Å². The highest BCUT2D eigenvalue weighted by molar-refractivity contribution is 9.10. The average molecular weight is 344 g/mol. The summed E-state index contributed by atoms with van der Waals surface area (Å²) in [6, 6.07) is 12.2. The van der Waals surface area contributed by atoms with Crippen LogP contribution in [0.4, 0.5) is 10.1 Å². The Balaban J connectivity index is 2.19. The smallest absolute Gasteiger partial charge is 0.137 e. The zero-order valence-corrected chi connectivity index (χ0v) is 12.4. The first kappa shape index (κ1) is 14.3. The predicted octanol–water partition coefficient (Wildman–Crippen LogP) is 4.35. The zero-order valence-electron chi connectivity index (χ0n) is 10.0. The second-order valence-corrected chi connectivity index (χ2v) is 5.40. The molecule has 5 heteroatoms. The molecule has 0 spiro atoms. The van der Waals surface area contributed by atoms with Crippen LogP contribution < -0.4 is 11.1 Å². The van der Waals surface area contributed by atoms with Gasteiger partial charge in [0, 0.05) is 17.3 Å². The van der Waals surface area contributed by atoms with Gasteiger partial charge in [-0.05, 0) is 57.9 Å². The van der Waals surface area contributed by atoms with Crippen molar-refractivity contribution >= 4 is 33.2 Å².